The maximum absolute atomic E-state index is 13.2. The number of alkyl halides is 6. The monoisotopic (exact) mass is 1160 g/mol. The van der Waals surface area contributed by atoms with Gasteiger partial charge < -0.3 is 63.3 Å². The number of anilines is 2. The van der Waals surface area contributed by atoms with Crippen molar-refractivity contribution in [1.82, 2.24) is 40.1 Å². The Kier molecular flexibility index (Phi) is 21.6. The highest BCUT2D eigenvalue weighted by Crippen LogP contribution is 2.47. The topological polar surface area (TPSA) is 277 Å². The Morgan fingerprint density at radius 1 is 0.711 bits per heavy atom. The quantitative estimate of drug-likeness (QED) is 0.0988. The van der Waals surface area contributed by atoms with E-state index < -0.39 is 24.5 Å². The number of likely N-dealkylation sites (N-methyl/N-ethyl adjacent to an activating group) is 1. The molecule has 0 unspecified atom stereocenters. The first-order valence-corrected chi connectivity index (χ1v) is 23.4. The van der Waals surface area contributed by atoms with E-state index in [1.165, 1.54) is 69.3 Å². The van der Waals surface area contributed by atoms with Crippen LogP contribution in [-0.2, 0) is 4.74 Å². The minimum atomic E-state index is -3.73. The second-order valence-electron chi connectivity index (χ2n) is 14.8. The van der Waals surface area contributed by atoms with Crippen molar-refractivity contribution in [2.24, 2.45) is 0 Å². The molecule has 3 aliphatic rings. The number of carbonyl (C=O) groups excluding carboxylic acids is 1. The number of nitrogens with one attached hydrogen (secondary N) is 1. The zero-order valence-electron chi connectivity index (χ0n) is 40.0. The zero-order chi connectivity index (χ0) is 55.7. The van der Waals surface area contributed by atoms with E-state index in [9.17, 15) is 27.2 Å². The molecule has 4 N–H and O–H groups in total. The van der Waals surface area contributed by atoms with Crippen LogP contribution in [0.5, 0.6) is 35.0 Å². The minimum absolute atomic E-state index is 0.0497. The van der Waals surface area contributed by atoms with Crippen LogP contribution in [0.1, 0.15) is 32.2 Å². The number of halogens is 9. The van der Waals surface area contributed by atoms with Crippen molar-refractivity contribution in [3.63, 3.8) is 0 Å². The first-order valence-electron chi connectivity index (χ1n) is 21.2. The molecule has 2 aromatic carbocycles. The Labute approximate surface area is 453 Å². The Hall–Kier alpha value is -7.20. The highest BCUT2D eigenvalue weighted by molar-refractivity contribution is 6.40. The van der Waals surface area contributed by atoms with Crippen molar-refractivity contribution in [1.29, 1.82) is 0 Å². The third-order valence-corrected chi connectivity index (χ3v) is 10.3. The summed E-state index contributed by atoms with van der Waals surface area (Å²) >= 11 is 27.2. The van der Waals surface area contributed by atoms with E-state index in [4.69, 9.17) is 87.6 Å². The Morgan fingerprint density at radius 2 is 1.16 bits per heavy atom. The SMILES string of the molecule is CN1CCOCC1.COc1nc(Cl)nc(OC)n1.Cc1cnoc1C(=O)Nc1ccc(-c2cc3c(cc2Cl)OC(F)(F)O3)cn1.Cc1cnoc1C(=O)O.ClCCl.Nc1ccc(-c2cc3c(cc2Cl)OC(F)(F)O3)cn1. The summed E-state index contributed by atoms with van der Waals surface area (Å²) in [5.41, 5.74) is 8.73. The standard InChI is InChI=1S/C17H10ClF2N3O4.C12H7ClF2N2O2.C5H6ClN3O2.C5H5NO3.C5H11NO.CH2Cl2/c1-8-6-22-27-15(8)16(24)23-14-3-2-9(7-21-14)10-4-12-13(5-11(10)18)26-17(19,20)25-12;13-8-4-10-9(18-12(14,15)19-10)3-7(8)6-1-2-11(16)17-5-6;1-10-4-7-3(6)8-5(9-4)11-2;1-3-2-6-9-4(3)5(7)8;1-6-2-4-7-5-3-6;2-1-3/h2-7H,1H3,(H,21,23,24);1-5H,(H2,16,17);1-2H3;2H,1H3,(H,7,8);2-5H2,1H3;1H2. The van der Waals surface area contributed by atoms with Gasteiger partial charge in [-0.15, -0.1) is 45.7 Å². The van der Waals surface area contributed by atoms with Crippen molar-refractivity contribution < 1.29 is 74.5 Å². The lowest BCUT2D eigenvalue weighted by molar-refractivity contribution is -0.287. The van der Waals surface area contributed by atoms with E-state index in [1.807, 2.05) is 0 Å². The fourth-order valence-electron chi connectivity index (χ4n) is 5.91. The molecule has 7 aromatic rings. The molecule has 0 spiro atoms. The second kappa shape index (κ2) is 27.5. The Morgan fingerprint density at radius 3 is 1.51 bits per heavy atom. The van der Waals surface area contributed by atoms with Gasteiger partial charge in [-0.25, -0.2) is 14.8 Å². The molecule has 1 amide bonds. The molecule has 10 rings (SSSR count). The molecular formula is C45H41Cl5F4N10O12. The van der Waals surface area contributed by atoms with E-state index in [0.29, 0.717) is 39.2 Å². The molecule has 406 valence electrons. The molecule has 1 fully saturated rings. The molecule has 8 heterocycles. The van der Waals surface area contributed by atoms with Crippen LogP contribution in [0, 0.1) is 13.8 Å². The fraction of sp³-hybridized carbons (Fsp3) is 0.267. The molecule has 5 aromatic heterocycles. The van der Waals surface area contributed by atoms with Gasteiger partial charge in [-0.2, -0.15) is 9.97 Å². The maximum atomic E-state index is 13.2. The normalized spacial score (nSPS) is 14.0. The number of benzene rings is 2. The largest absolute Gasteiger partial charge is 0.586 e. The number of hydrogen-bond donors (Lipinski definition) is 3. The third kappa shape index (κ3) is 17.4. The van der Waals surface area contributed by atoms with Crippen LogP contribution in [0.25, 0.3) is 22.3 Å². The molecule has 22 nitrogen and oxygen atoms in total. The van der Waals surface area contributed by atoms with Crippen molar-refractivity contribution >= 4 is 81.5 Å². The number of ether oxygens (including phenoxy) is 7. The third-order valence-electron chi connectivity index (χ3n) is 9.46. The van der Waals surface area contributed by atoms with Crippen LogP contribution in [-0.4, -0.2) is 123 Å². The fourth-order valence-corrected chi connectivity index (χ4v) is 6.58. The van der Waals surface area contributed by atoms with Crippen molar-refractivity contribution in [3.8, 4) is 57.3 Å². The summed E-state index contributed by atoms with van der Waals surface area (Å²) in [6.45, 7) is 7.33. The van der Waals surface area contributed by atoms with E-state index in [1.54, 1.807) is 32.0 Å². The number of nitrogen functional groups attached to an aromatic ring is 1. The number of fused-ring (bicyclic) bond motifs is 2. The number of amides is 1. The van der Waals surface area contributed by atoms with Crippen molar-refractivity contribution in [2.75, 3.05) is 64.0 Å². The number of rotatable bonds is 7. The van der Waals surface area contributed by atoms with Gasteiger partial charge in [-0.1, -0.05) is 33.5 Å². The van der Waals surface area contributed by atoms with E-state index in [0.717, 1.165) is 26.3 Å². The number of carbonyl (C=O) groups is 2. The summed E-state index contributed by atoms with van der Waals surface area (Å²) in [5, 5.41) is 18.4. The number of aryl methyl sites for hydroxylation is 2. The van der Waals surface area contributed by atoms with Crippen LogP contribution in [0.3, 0.4) is 0 Å². The Balaban J connectivity index is 0.000000188. The first-order chi connectivity index (χ1) is 36.0. The first kappa shape index (κ1) is 59.7. The van der Waals surface area contributed by atoms with Gasteiger partial charge in [0, 0.05) is 71.0 Å². The van der Waals surface area contributed by atoms with Gasteiger partial charge in [0.1, 0.15) is 11.6 Å². The maximum Gasteiger partial charge on any atom is 0.586 e. The summed E-state index contributed by atoms with van der Waals surface area (Å²) in [5.74, 6) is -1.39. The number of pyridine rings is 2. The molecule has 31 heteroatoms. The van der Waals surface area contributed by atoms with Gasteiger partial charge in [0.25, 0.3) is 5.91 Å². The zero-order valence-corrected chi connectivity index (χ0v) is 43.7. The van der Waals surface area contributed by atoms with Gasteiger partial charge in [0.05, 0.1) is 55.2 Å². The van der Waals surface area contributed by atoms with Gasteiger partial charge in [-0.05, 0) is 68.9 Å². The summed E-state index contributed by atoms with van der Waals surface area (Å²) in [6.07, 6.45) is -1.67. The number of hydrogen-bond acceptors (Lipinski definition) is 20. The van der Waals surface area contributed by atoms with Crippen LogP contribution in [0.2, 0.25) is 15.3 Å². The summed E-state index contributed by atoms with van der Waals surface area (Å²) in [4.78, 5) is 43.5. The summed E-state index contributed by atoms with van der Waals surface area (Å²) in [6, 6.07) is 12.0. The molecule has 1 saturated heterocycles. The second-order valence-corrected chi connectivity index (χ2v) is 16.8. The number of morpholine rings is 1. The Bertz CT molecular complexity index is 3030. The van der Waals surface area contributed by atoms with Gasteiger partial charge in [0.2, 0.25) is 16.8 Å². The molecule has 3 aliphatic heterocycles. The van der Waals surface area contributed by atoms with Crippen molar-refractivity contribution in [3.05, 3.63) is 111 Å². The van der Waals surface area contributed by atoms with Crippen LogP contribution in [0.15, 0.2) is 82.4 Å². The van der Waals surface area contributed by atoms with Crippen LogP contribution < -0.4 is 39.5 Å². The van der Waals surface area contributed by atoms with Crippen LogP contribution in [0.4, 0.5) is 29.2 Å². The lowest BCUT2D eigenvalue weighted by Gasteiger charge is -2.21. The van der Waals surface area contributed by atoms with E-state index in [-0.39, 0.29) is 73.0 Å². The number of aromatic carboxylic acids is 1. The average molecular weight is 1170 g/mol. The van der Waals surface area contributed by atoms with E-state index >= 15 is 0 Å². The number of carboxylic acids is 1. The summed E-state index contributed by atoms with van der Waals surface area (Å²) < 4.78 is 93.5. The predicted octanol–water partition coefficient (Wildman–Crippen LogP) is 10.2. The number of carboxylic acid groups (broad SMARTS) is 1. The van der Waals surface area contributed by atoms with Crippen molar-refractivity contribution in [2.45, 2.75) is 26.4 Å². The smallest absolute Gasteiger partial charge is 0.475 e. The molecule has 0 saturated carbocycles. The number of aromatic nitrogens is 7. The number of methoxy groups -OCH3 is 2. The minimum Gasteiger partial charge on any atom is -0.475 e. The summed E-state index contributed by atoms with van der Waals surface area (Å²) in [7, 11) is 4.98. The highest BCUT2D eigenvalue weighted by Gasteiger charge is 2.45. The molecule has 0 aliphatic carbocycles. The predicted molar refractivity (Wildman–Crippen MR) is 266 cm³/mol. The van der Waals surface area contributed by atoms with Gasteiger partial charge in [0.15, 0.2) is 23.0 Å². The lowest BCUT2D eigenvalue weighted by atomic mass is 10.1. The molecule has 0 radical (unpaired) electrons. The lowest BCUT2D eigenvalue weighted by Crippen LogP contribution is -2.32. The molecular weight excluding hydrogens is 1130 g/mol. The molecule has 0 bridgehead atoms. The van der Waals surface area contributed by atoms with Crippen LogP contribution >= 0.6 is 58.0 Å². The number of nitrogens with zero attached hydrogens (tertiary/aromatic N) is 8. The van der Waals surface area contributed by atoms with Gasteiger partial charge >= 0.3 is 30.6 Å². The van der Waals surface area contributed by atoms with E-state index in [2.05, 4.69) is 76.0 Å². The molecule has 76 heavy (non-hydrogen) atoms. The average Bonchev–Trinajstić information content (AvgIpc) is 4.16. The number of nitrogens with two attached hydrogens (primary N) is 1. The van der Waals surface area contributed by atoms with Gasteiger partial charge in [-0.3, -0.25) is 4.79 Å². The highest BCUT2D eigenvalue weighted by atomic mass is 35.5. The molecule has 0 atom stereocenters.